The largest absolute Gasteiger partial charge is 0.480 e. The van der Waals surface area contributed by atoms with E-state index in [0.29, 0.717) is 0 Å². The number of likely N-dealkylation sites (N-methyl/N-ethyl adjacent to an activating group) is 1. The van der Waals surface area contributed by atoms with Crippen LogP contribution >= 0.6 is 11.8 Å². The van der Waals surface area contributed by atoms with Gasteiger partial charge in [0.15, 0.2) is 0 Å². The third-order valence-corrected chi connectivity index (χ3v) is 3.15. The second kappa shape index (κ2) is 6.65. The monoisotopic (exact) mass is 307 g/mol. The van der Waals surface area contributed by atoms with Gasteiger partial charge in [-0.25, -0.2) is 0 Å². The van der Waals surface area contributed by atoms with Crippen molar-refractivity contribution in [3.8, 4) is 0 Å². The minimum Gasteiger partial charge on any atom is -0.480 e. The van der Waals surface area contributed by atoms with Crippen molar-refractivity contribution in [3.05, 3.63) is 29.8 Å². The number of hydrogen-bond acceptors (Lipinski definition) is 3. The van der Waals surface area contributed by atoms with Gasteiger partial charge in [0.25, 0.3) is 5.91 Å². The lowest BCUT2D eigenvalue weighted by atomic mass is 10.2. The smallest absolute Gasteiger partial charge is 0.446 e. The van der Waals surface area contributed by atoms with Crippen LogP contribution in [0, 0.1) is 0 Å². The Morgan fingerprint density at radius 1 is 1.30 bits per heavy atom. The first-order valence-corrected chi connectivity index (χ1v) is 6.42. The summed E-state index contributed by atoms with van der Waals surface area (Å²) < 4.78 is 37.3. The summed E-state index contributed by atoms with van der Waals surface area (Å²) in [6, 6.07) is 5.25. The van der Waals surface area contributed by atoms with Crippen molar-refractivity contribution in [2.24, 2.45) is 0 Å². The van der Waals surface area contributed by atoms with Crippen LogP contribution in [0.4, 0.5) is 13.2 Å². The van der Waals surface area contributed by atoms with Crippen LogP contribution in [0.1, 0.15) is 17.3 Å². The zero-order valence-electron chi connectivity index (χ0n) is 10.5. The van der Waals surface area contributed by atoms with Crippen molar-refractivity contribution in [3.63, 3.8) is 0 Å². The van der Waals surface area contributed by atoms with E-state index < -0.39 is 35.7 Å². The molecule has 0 unspecified atom stereocenters. The third-order valence-electron chi connectivity index (χ3n) is 2.34. The second-order valence-corrected chi connectivity index (χ2v) is 4.86. The van der Waals surface area contributed by atoms with Crippen LogP contribution in [0.2, 0.25) is 0 Å². The first-order chi connectivity index (χ1) is 9.24. The molecule has 0 atom stereocenters. The predicted octanol–water partition coefficient (Wildman–Crippen LogP) is 2.85. The molecule has 1 N–H and O–H groups in total. The summed E-state index contributed by atoms with van der Waals surface area (Å²) in [5, 5.41) is 8.69. The molecule has 0 saturated carbocycles. The van der Waals surface area contributed by atoms with Gasteiger partial charge < -0.3 is 10.0 Å². The number of carbonyl (C=O) groups is 2. The molecular formula is C12H12F3NO3S. The molecule has 1 rings (SSSR count). The normalized spacial score (nSPS) is 11.2. The predicted molar refractivity (Wildman–Crippen MR) is 67.6 cm³/mol. The maximum Gasteiger partial charge on any atom is 0.446 e. The van der Waals surface area contributed by atoms with Gasteiger partial charge in [-0.1, -0.05) is 12.1 Å². The number of aliphatic carboxylic acids is 1. The molecule has 20 heavy (non-hydrogen) atoms. The molecule has 0 fully saturated rings. The molecule has 0 bridgehead atoms. The Hall–Kier alpha value is -1.70. The van der Waals surface area contributed by atoms with Gasteiger partial charge in [-0.05, 0) is 30.8 Å². The van der Waals surface area contributed by atoms with Crippen LogP contribution in [0.25, 0.3) is 0 Å². The number of carboxylic acids is 1. The SMILES string of the molecule is CCN(CC(=O)O)C(=O)c1ccccc1SC(F)(F)F. The molecule has 0 heterocycles. The summed E-state index contributed by atoms with van der Waals surface area (Å²) in [5.74, 6) is -1.96. The lowest BCUT2D eigenvalue weighted by molar-refractivity contribution is -0.137. The highest BCUT2D eigenvalue weighted by molar-refractivity contribution is 8.00. The van der Waals surface area contributed by atoms with E-state index in [9.17, 15) is 22.8 Å². The highest BCUT2D eigenvalue weighted by atomic mass is 32.2. The number of halogens is 3. The average molecular weight is 307 g/mol. The average Bonchev–Trinajstić information content (AvgIpc) is 2.33. The molecule has 1 amide bonds. The van der Waals surface area contributed by atoms with E-state index in [1.54, 1.807) is 6.92 Å². The first-order valence-electron chi connectivity index (χ1n) is 5.60. The van der Waals surface area contributed by atoms with Crippen molar-refractivity contribution in [1.29, 1.82) is 0 Å². The third kappa shape index (κ3) is 4.76. The number of thioether (sulfide) groups is 1. The van der Waals surface area contributed by atoms with Crippen LogP contribution < -0.4 is 0 Å². The number of nitrogens with zero attached hydrogens (tertiary/aromatic N) is 1. The molecule has 0 aliphatic carbocycles. The molecular weight excluding hydrogens is 295 g/mol. The Morgan fingerprint density at radius 3 is 2.40 bits per heavy atom. The number of carboxylic acid groups (broad SMARTS) is 1. The summed E-state index contributed by atoms with van der Waals surface area (Å²) >= 11 is -0.392. The van der Waals surface area contributed by atoms with Gasteiger partial charge in [0.2, 0.25) is 0 Å². The van der Waals surface area contributed by atoms with Crippen molar-refractivity contribution in [2.45, 2.75) is 17.3 Å². The Bertz CT molecular complexity index is 505. The molecule has 0 radical (unpaired) electrons. The molecule has 0 aliphatic rings. The van der Waals surface area contributed by atoms with E-state index >= 15 is 0 Å². The van der Waals surface area contributed by atoms with Crippen LogP contribution in [0.3, 0.4) is 0 Å². The second-order valence-electron chi connectivity index (χ2n) is 3.76. The van der Waals surface area contributed by atoms with Gasteiger partial charge >= 0.3 is 11.5 Å². The van der Waals surface area contributed by atoms with Gasteiger partial charge in [0, 0.05) is 11.4 Å². The number of benzene rings is 1. The number of alkyl halides is 3. The number of amides is 1. The molecule has 4 nitrogen and oxygen atoms in total. The molecule has 0 aliphatic heterocycles. The number of carbonyl (C=O) groups excluding carboxylic acids is 1. The number of hydrogen-bond donors (Lipinski definition) is 1. The van der Waals surface area contributed by atoms with Gasteiger partial charge in [0.05, 0.1) is 5.56 Å². The Morgan fingerprint density at radius 2 is 1.90 bits per heavy atom. The molecule has 0 spiro atoms. The Labute approximate surface area is 117 Å². The highest BCUT2D eigenvalue weighted by Gasteiger charge is 2.32. The lowest BCUT2D eigenvalue weighted by Crippen LogP contribution is -2.35. The molecule has 1 aromatic rings. The minimum absolute atomic E-state index is 0.0934. The fraction of sp³-hybridized carbons (Fsp3) is 0.333. The van der Waals surface area contributed by atoms with E-state index in [1.165, 1.54) is 24.3 Å². The molecule has 110 valence electrons. The fourth-order valence-corrected chi connectivity index (χ4v) is 2.18. The van der Waals surface area contributed by atoms with Gasteiger partial charge in [0.1, 0.15) is 6.54 Å². The van der Waals surface area contributed by atoms with Crippen molar-refractivity contribution >= 4 is 23.6 Å². The zero-order valence-corrected chi connectivity index (χ0v) is 11.3. The summed E-state index contributed by atoms with van der Waals surface area (Å²) in [5.41, 5.74) is -4.67. The van der Waals surface area contributed by atoms with E-state index in [1.807, 2.05) is 0 Å². The quantitative estimate of drug-likeness (QED) is 0.850. The lowest BCUT2D eigenvalue weighted by Gasteiger charge is -2.20. The van der Waals surface area contributed by atoms with Gasteiger partial charge in [-0.2, -0.15) is 13.2 Å². The highest BCUT2D eigenvalue weighted by Crippen LogP contribution is 2.38. The van der Waals surface area contributed by atoms with Crippen LogP contribution in [0.15, 0.2) is 29.2 Å². The van der Waals surface area contributed by atoms with E-state index in [4.69, 9.17) is 5.11 Å². The molecule has 1 aromatic carbocycles. The molecule has 0 aromatic heterocycles. The summed E-state index contributed by atoms with van der Waals surface area (Å²) in [4.78, 5) is 23.5. The van der Waals surface area contributed by atoms with Crippen LogP contribution in [0.5, 0.6) is 0 Å². The van der Waals surface area contributed by atoms with Crippen molar-refractivity contribution < 1.29 is 27.9 Å². The maximum atomic E-state index is 12.4. The standard InChI is InChI=1S/C12H12F3NO3S/c1-2-16(7-10(17)18)11(19)8-5-3-4-6-9(8)20-12(13,14)15/h3-6H,2,7H2,1H3,(H,17,18). The van der Waals surface area contributed by atoms with Crippen molar-refractivity contribution in [1.82, 2.24) is 4.90 Å². The van der Waals surface area contributed by atoms with Crippen molar-refractivity contribution in [2.75, 3.05) is 13.1 Å². The van der Waals surface area contributed by atoms with Crippen LogP contribution in [-0.4, -0.2) is 40.5 Å². The minimum atomic E-state index is -4.51. The first kappa shape index (κ1) is 16.4. The van der Waals surface area contributed by atoms with Crippen LogP contribution in [-0.2, 0) is 4.79 Å². The summed E-state index contributed by atoms with van der Waals surface area (Å²) in [6.45, 7) is 1.09. The Kier molecular flexibility index (Phi) is 5.43. The summed E-state index contributed by atoms with van der Waals surface area (Å²) in [7, 11) is 0. The van der Waals surface area contributed by atoms with E-state index in [0.717, 1.165) is 4.90 Å². The van der Waals surface area contributed by atoms with Gasteiger partial charge in [-0.3, -0.25) is 9.59 Å². The Balaban J connectivity index is 3.05. The molecule has 0 saturated heterocycles. The number of rotatable bonds is 5. The molecule has 8 heteroatoms. The zero-order chi connectivity index (χ0) is 15.3. The topological polar surface area (TPSA) is 57.6 Å². The van der Waals surface area contributed by atoms with E-state index in [-0.39, 0.29) is 17.0 Å². The van der Waals surface area contributed by atoms with Gasteiger partial charge in [-0.15, -0.1) is 0 Å². The fourth-order valence-electron chi connectivity index (χ4n) is 1.52. The summed E-state index contributed by atoms with van der Waals surface area (Å²) in [6.07, 6.45) is 0. The maximum absolute atomic E-state index is 12.4. The van der Waals surface area contributed by atoms with E-state index in [2.05, 4.69) is 0 Å².